The number of nitrogens with zero attached hydrogens (tertiary/aromatic N) is 1. The van der Waals surface area contributed by atoms with E-state index in [0.717, 1.165) is 31.2 Å². The molecule has 1 saturated heterocycles. The van der Waals surface area contributed by atoms with Crippen molar-refractivity contribution < 1.29 is 13.2 Å². The van der Waals surface area contributed by atoms with Crippen molar-refractivity contribution in [2.75, 3.05) is 18.4 Å². The summed E-state index contributed by atoms with van der Waals surface area (Å²) in [6, 6.07) is 16.4. The number of carbonyl (C=O) groups excluding carboxylic acids is 1. The maximum atomic E-state index is 12.9. The van der Waals surface area contributed by atoms with Crippen molar-refractivity contribution in [2.24, 2.45) is 5.92 Å². The van der Waals surface area contributed by atoms with Gasteiger partial charge in [-0.1, -0.05) is 37.3 Å². The van der Waals surface area contributed by atoms with Gasteiger partial charge in [0.1, 0.15) is 0 Å². The fraction of sp³-hybridized carbons (Fsp3) is 0.409. The number of carbonyl (C=O) groups is 1. The smallest absolute Gasteiger partial charge is 0.243 e. The number of amides is 1. The van der Waals surface area contributed by atoms with E-state index < -0.39 is 15.4 Å². The van der Waals surface area contributed by atoms with Crippen LogP contribution < -0.4 is 5.32 Å². The standard InChI is InChI=1S/C22H26N2O3S/c1-17-6-5-15-24(16-17)28(26,27)20-11-9-19(10-12-20)23-21(25)22(13-14-22)18-7-3-2-4-8-18/h2-4,7-12,17H,5-6,13-16H2,1H3,(H,23,25). The first-order valence-electron chi connectivity index (χ1n) is 9.89. The van der Waals surface area contributed by atoms with Gasteiger partial charge in [0.2, 0.25) is 15.9 Å². The summed E-state index contributed by atoms with van der Waals surface area (Å²) in [6.07, 6.45) is 3.64. The zero-order valence-electron chi connectivity index (χ0n) is 16.1. The normalized spacial score (nSPS) is 21.8. The van der Waals surface area contributed by atoms with Gasteiger partial charge in [0.25, 0.3) is 0 Å². The molecule has 28 heavy (non-hydrogen) atoms. The lowest BCUT2D eigenvalue weighted by Gasteiger charge is -2.30. The number of nitrogens with one attached hydrogen (secondary N) is 1. The molecule has 1 heterocycles. The number of hydrogen-bond donors (Lipinski definition) is 1. The number of hydrogen-bond acceptors (Lipinski definition) is 3. The number of benzene rings is 2. The first-order valence-corrected chi connectivity index (χ1v) is 11.3. The van der Waals surface area contributed by atoms with Gasteiger partial charge in [-0.05, 0) is 61.4 Å². The van der Waals surface area contributed by atoms with Crippen LogP contribution in [0.15, 0.2) is 59.5 Å². The van der Waals surface area contributed by atoms with Crippen LogP contribution in [0.25, 0.3) is 0 Å². The van der Waals surface area contributed by atoms with Crippen molar-refractivity contribution in [3.05, 3.63) is 60.2 Å². The molecule has 2 aromatic rings. The lowest BCUT2D eigenvalue weighted by Crippen LogP contribution is -2.39. The van der Waals surface area contributed by atoms with Gasteiger partial charge < -0.3 is 5.32 Å². The molecule has 0 aromatic heterocycles. The second-order valence-electron chi connectivity index (χ2n) is 8.04. The van der Waals surface area contributed by atoms with E-state index in [-0.39, 0.29) is 10.8 Å². The van der Waals surface area contributed by atoms with Crippen LogP contribution in [-0.2, 0) is 20.2 Å². The van der Waals surface area contributed by atoms with Crippen LogP contribution in [0, 0.1) is 5.92 Å². The zero-order valence-corrected chi connectivity index (χ0v) is 16.9. The highest BCUT2D eigenvalue weighted by atomic mass is 32.2. The van der Waals surface area contributed by atoms with Gasteiger partial charge in [-0.15, -0.1) is 0 Å². The van der Waals surface area contributed by atoms with Crippen LogP contribution >= 0.6 is 0 Å². The number of piperidine rings is 1. The highest BCUT2D eigenvalue weighted by molar-refractivity contribution is 7.89. The summed E-state index contributed by atoms with van der Waals surface area (Å²) in [5.41, 5.74) is 1.21. The Bertz CT molecular complexity index is 951. The molecule has 4 rings (SSSR count). The molecule has 1 atom stereocenters. The Hall–Kier alpha value is -2.18. The molecule has 5 nitrogen and oxygen atoms in total. The van der Waals surface area contributed by atoms with Crippen LogP contribution in [0.2, 0.25) is 0 Å². The van der Waals surface area contributed by atoms with E-state index in [1.807, 2.05) is 30.3 Å². The Morgan fingerprint density at radius 1 is 1.07 bits per heavy atom. The molecule has 0 bridgehead atoms. The average molecular weight is 399 g/mol. The highest BCUT2D eigenvalue weighted by Crippen LogP contribution is 2.48. The van der Waals surface area contributed by atoms with Crippen molar-refractivity contribution in [2.45, 2.75) is 42.9 Å². The topological polar surface area (TPSA) is 66.5 Å². The fourth-order valence-corrected chi connectivity index (χ4v) is 5.60. The minimum absolute atomic E-state index is 0.0286. The quantitative estimate of drug-likeness (QED) is 0.834. The number of sulfonamides is 1. The molecule has 1 aliphatic heterocycles. The minimum Gasteiger partial charge on any atom is -0.325 e. The number of rotatable bonds is 5. The van der Waals surface area contributed by atoms with Gasteiger partial charge in [0.05, 0.1) is 10.3 Å². The lowest BCUT2D eigenvalue weighted by molar-refractivity contribution is -0.118. The summed E-state index contributed by atoms with van der Waals surface area (Å²) in [7, 11) is -3.48. The zero-order chi connectivity index (χ0) is 19.8. The second-order valence-corrected chi connectivity index (χ2v) is 9.98. The van der Waals surface area contributed by atoms with Crippen molar-refractivity contribution >= 4 is 21.6 Å². The maximum absolute atomic E-state index is 12.9. The largest absolute Gasteiger partial charge is 0.325 e. The summed E-state index contributed by atoms with van der Waals surface area (Å²) >= 11 is 0. The van der Waals surface area contributed by atoms with Crippen molar-refractivity contribution in [1.29, 1.82) is 0 Å². The summed E-state index contributed by atoms with van der Waals surface area (Å²) in [5, 5.41) is 2.96. The predicted octanol–water partition coefficient (Wildman–Crippen LogP) is 3.78. The third-order valence-electron chi connectivity index (χ3n) is 5.88. The third kappa shape index (κ3) is 3.59. The van der Waals surface area contributed by atoms with Crippen molar-refractivity contribution in [3.63, 3.8) is 0 Å². The molecular weight excluding hydrogens is 372 g/mol. The average Bonchev–Trinajstić information content (AvgIpc) is 3.51. The van der Waals surface area contributed by atoms with Crippen LogP contribution in [0.3, 0.4) is 0 Å². The van der Waals surface area contributed by atoms with Gasteiger partial charge in [-0.2, -0.15) is 4.31 Å². The SMILES string of the molecule is CC1CCCN(S(=O)(=O)c2ccc(NC(=O)C3(c4ccccc4)CC3)cc2)C1. The van der Waals surface area contributed by atoms with E-state index in [4.69, 9.17) is 0 Å². The molecule has 0 spiro atoms. The van der Waals surface area contributed by atoms with E-state index in [9.17, 15) is 13.2 Å². The molecule has 148 valence electrons. The lowest BCUT2D eigenvalue weighted by atomic mass is 9.95. The Balaban J connectivity index is 1.47. The third-order valence-corrected chi connectivity index (χ3v) is 7.76. The van der Waals surface area contributed by atoms with Gasteiger partial charge in [-0.25, -0.2) is 8.42 Å². The first kappa shape index (κ1) is 19.2. The van der Waals surface area contributed by atoms with E-state index in [1.54, 1.807) is 28.6 Å². The van der Waals surface area contributed by atoms with Crippen molar-refractivity contribution in [3.8, 4) is 0 Å². The summed E-state index contributed by atoms with van der Waals surface area (Å²) in [5.74, 6) is 0.356. The van der Waals surface area contributed by atoms with Crippen LogP contribution in [-0.4, -0.2) is 31.7 Å². The van der Waals surface area contributed by atoms with Crippen molar-refractivity contribution in [1.82, 2.24) is 4.31 Å². The minimum atomic E-state index is -3.48. The van der Waals surface area contributed by atoms with Crippen LogP contribution in [0.1, 0.15) is 38.2 Å². The van der Waals surface area contributed by atoms with Gasteiger partial charge in [0, 0.05) is 18.8 Å². The number of anilines is 1. The molecule has 1 unspecified atom stereocenters. The molecule has 1 saturated carbocycles. The Morgan fingerprint density at radius 3 is 2.36 bits per heavy atom. The monoisotopic (exact) mass is 398 g/mol. The van der Waals surface area contributed by atoms with Crippen LogP contribution in [0.4, 0.5) is 5.69 Å². The molecule has 1 amide bonds. The second kappa shape index (κ2) is 7.33. The molecule has 6 heteroatoms. The van der Waals surface area contributed by atoms with E-state index in [1.165, 1.54) is 0 Å². The highest BCUT2D eigenvalue weighted by Gasteiger charge is 2.51. The Kier molecular flexibility index (Phi) is 5.02. The van der Waals surface area contributed by atoms with Gasteiger partial charge >= 0.3 is 0 Å². The molecular formula is C22H26N2O3S. The van der Waals surface area contributed by atoms with Gasteiger partial charge in [0.15, 0.2) is 0 Å². The fourth-order valence-electron chi connectivity index (χ4n) is 4.00. The molecule has 2 fully saturated rings. The molecule has 1 aliphatic carbocycles. The van der Waals surface area contributed by atoms with E-state index >= 15 is 0 Å². The summed E-state index contributed by atoms with van der Waals surface area (Å²) in [6.45, 7) is 3.23. The molecule has 1 N–H and O–H groups in total. The predicted molar refractivity (Wildman–Crippen MR) is 110 cm³/mol. The van der Waals surface area contributed by atoms with E-state index in [0.29, 0.717) is 24.7 Å². The Morgan fingerprint density at radius 2 is 1.75 bits per heavy atom. The Labute approximate surface area is 166 Å². The van der Waals surface area contributed by atoms with Gasteiger partial charge in [-0.3, -0.25) is 4.79 Å². The molecule has 2 aliphatic rings. The summed E-state index contributed by atoms with van der Waals surface area (Å²) < 4.78 is 27.3. The molecule has 0 radical (unpaired) electrons. The summed E-state index contributed by atoms with van der Waals surface area (Å²) in [4.78, 5) is 13.1. The van der Waals surface area contributed by atoms with E-state index in [2.05, 4.69) is 12.2 Å². The first-order chi connectivity index (χ1) is 13.4. The molecule has 2 aromatic carbocycles. The van der Waals surface area contributed by atoms with Crippen LogP contribution in [0.5, 0.6) is 0 Å². The maximum Gasteiger partial charge on any atom is 0.243 e.